The molecule has 0 aromatic heterocycles. The van der Waals surface area contributed by atoms with E-state index in [2.05, 4.69) is 0 Å². The van der Waals surface area contributed by atoms with E-state index in [1.807, 2.05) is 0 Å². The van der Waals surface area contributed by atoms with Gasteiger partial charge in [-0.15, -0.1) is 0 Å². The van der Waals surface area contributed by atoms with Crippen LogP contribution < -0.4 is 5.73 Å². The van der Waals surface area contributed by atoms with Gasteiger partial charge in [-0.05, 0) is 13.8 Å². The molecule has 0 spiro atoms. The van der Waals surface area contributed by atoms with E-state index >= 15 is 0 Å². The molecule has 0 aliphatic heterocycles. The minimum absolute atomic E-state index is 0.456. The molecule has 0 radical (unpaired) electrons. The van der Waals surface area contributed by atoms with Gasteiger partial charge >= 0.3 is 5.97 Å². The number of aliphatic hydroxyl groups is 1. The largest absolute Gasteiger partial charge is 0.481 e. The standard InChI is InChI=1S/C7H13NO4/c1-7(2,12)6(11)4(8)3-5(9)10/h4,12H,3,8H2,1-2H3,(H,9,10). The minimum Gasteiger partial charge on any atom is -0.481 e. The Kier molecular flexibility index (Phi) is 3.36. The molecule has 1 unspecified atom stereocenters. The molecule has 0 aromatic carbocycles. The van der Waals surface area contributed by atoms with Crippen molar-refractivity contribution >= 4 is 11.8 Å². The SMILES string of the molecule is CC(C)(O)C(=O)C(N)CC(=O)O. The number of aliphatic carboxylic acids is 1. The molecule has 0 aliphatic rings. The number of hydrogen-bond acceptors (Lipinski definition) is 4. The van der Waals surface area contributed by atoms with Gasteiger partial charge in [0.2, 0.25) is 0 Å². The lowest BCUT2D eigenvalue weighted by molar-refractivity contribution is -0.142. The van der Waals surface area contributed by atoms with Crippen molar-refractivity contribution in [1.82, 2.24) is 0 Å². The second-order valence-corrected chi connectivity index (χ2v) is 3.13. The van der Waals surface area contributed by atoms with Gasteiger partial charge in [-0.3, -0.25) is 9.59 Å². The molecular formula is C7H13NO4. The van der Waals surface area contributed by atoms with Gasteiger partial charge < -0.3 is 15.9 Å². The first-order chi connectivity index (χ1) is 5.25. The lowest BCUT2D eigenvalue weighted by Crippen LogP contribution is -2.45. The number of carboxylic acids is 1. The Bertz CT molecular complexity index is 194. The Hall–Kier alpha value is -0.940. The van der Waals surface area contributed by atoms with E-state index in [1.54, 1.807) is 0 Å². The van der Waals surface area contributed by atoms with Crippen molar-refractivity contribution in [3.63, 3.8) is 0 Å². The zero-order valence-electron chi connectivity index (χ0n) is 7.07. The quantitative estimate of drug-likeness (QED) is 0.515. The Morgan fingerprint density at radius 1 is 1.50 bits per heavy atom. The van der Waals surface area contributed by atoms with E-state index in [0.29, 0.717) is 0 Å². The molecule has 0 saturated heterocycles. The molecule has 1 atom stereocenters. The molecule has 0 amide bonds. The van der Waals surface area contributed by atoms with Crippen molar-refractivity contribution in [2.24, 2.45) is 5.73 Å². The summed E-state index contributed by atoms with van der Waals surface area (Å²) in [6, 6.07) is -1.14. The number of carbonyl (C=O) groups is 2. The van der Waals surface area contributed by atoms with Crippen molar-refractivity contribution in [1.29, 1.82) is 0 Å². The van der Waals surface area contributed by atoms with Gasteiger partial charge in [-0.1, -0.05) is 0 Å². The van der Waals surface area contributed by atoms with Crippen LogP contribution in [0.25, 0.3) is 0 Å². The molecule has 0 bridgehead atoms. The summed E-state index contributed by atoms with van der Waals surface area (Å²) in [6.45, 7) is 2.55. The summed E-state index contributed by atoms with van der Waals surface area (Å²) >= 11 is 0. The highest BCUT2D eigenvalue weighted by Gasteiger charge is 2.30. The molecule has 0 saturated carbocycles. The molecule has 5 nitrogen and oxygen atoms in total. The van der Waals surface area contributed by atoms with E-state index < -0.39 is 29.8 Å². The van der Waals surface area contributed by atoms with E-state index in [4.69, 9.17) is 15.9 Å². The second-order valence-electron chi connectivity index (χ2n) is 3.13. The molecule has 70 valence electrons. The maximum Gasteiger partial charge on any atom is 0.305 e. The summed E-state index contributed by atoms with van der Waals surface area (Å²) in [7, 11) is 0. The highest BCUT2D eigenvalue weighted by atomic mass is 16.4. The molecule has 0 aliphatic carbocycles. The number of Topliss-reactive ketones (excluding diaryl/α,β-unsaturated/α-hetero) is 1. The monoisotopic (exact) mass is 175 g/mol. The van der Waals surface area contributed by atoms with Crippen LogP contribution >= 0.6 is 0 Å². The van der Waals surface area contributed by atoms with Crippen LogP contribution in [0.4, 0.5) is 0 Å². The average molecular weight is 175 g/mol. The van der Waals surface area contributed by atoms with Crippen molar-refractivity contribution in [2.75, 3.05) is 0 Å². The third-order valence-electron chi connectivity index (χ3n) is 1.33. The first-order valence-corrected chi connectivity index (χ1v) is 3.49. The first-order valence-electron chi connectivity index (χ1n) is 3.49. The fourth-order valence-electron chi connectivity index (χ4n) is 0.735. The zero-order valence-corrected chi connectivity index (χ0v) is 7.07. The van der Waals surface area contributed by atoms with Crippen molar-refractivity contribution < 1.29 is 19.8 Å². The van der Waals surface area contributed by atoms with E-state index in [1.165, 1.54) is 13.8 Å². The Morgan fingerprint density at radius 2 is 1.92 bits per heavy atom. The van der Waals surface area contributed by atoms with Crippen LogP contribution in [0.3, 0.4) is 0 Å². The molecule has 0 aromatic rings. The van der Waals surface area contributed by atoms with Crippen molar-refractivity contribution in [3.8, 4) is 0 Å². The highest BCUT2D eigenvalue weighted by molar-refractivity contribution is 5.93. The lowest BCUT2D eigenvalue weighted by Gasteiger charge is -2.19. The molecule has 0 heterocycles. The van der Waals surface area contributed by atoms with Crippen molar-refractivity contribution in [2.45, 2.75) is 31.9 Å². The van der Waals surface area contributed by atoms with Gasteiger partial charge in [0.15, 0.2) is 5.78 Å². The lowest BCUT2D eigenvalue weighted by atomic mass is 9.96. The van der Waals surface area contributed by atoms with Gasteiger partial charge in [-0.25, -0.2) is 0 Å². The third kappa shape index (κ3) is 3.45. The van der Waals surface area contributed by atoms with Crippen LogP contribution in [0.15, 0.2) is 0 Å². The maximum absolute atomic E-state index is 11.1. The van der Waals surface area contributed by atoms with Gasteiger partial charge in [-0.2, -0.15) is 0 Å². The number of hydrogen-bond donors (Lipinski definition) is 3. The highest BCUT2D eigenvalue weighted by Crippen LogP contribution is 2.06. The summed E-state index contributed by atoms with van der Waals surface area (Å²) < 4.78 is 0. The van der Waals surface area contributed by atoms with Gasteiger partial charge in [0.25, 0.3) is 0 Å². The zero-order chi connectivity index (χ0) is 9.94. The third-order valence-corrected chi connectivity index (χ3v) is 1.33. The summed E-state index contributed by atoms with van der Waals surface area (Å²) in [5.41, 5.74) is 3.65. The molecule has 0 fully saturated rings. The Balaban J connectivity index is 4.21. The molecular weight excluding hydrogens is 162 g/mol. The van der Waals surface area contributed by atoms with Crippen molar-refractivity contribution in [3.05, 3.63) is 0 Å². The van der Waals surface area contributed by atoms with Crippen LogP contribution in [0, 0.1) is 0 Å². The van der Waals surface area contributed by atoms with Gasteiger partial charge in [0, 0.05) is 0 Å². The summed E-state index contributed by atoms with van der Waals surface area (Å²) in [5, 5.41) is 17.4. The fourth-order valence-corrected chi connectivity index (χ4v) is 0.735. The summed E-state index contributed by atoms with van der Waals surface area (Å²) in [5.74, 6) is -1.81. The van der Waals surface area contributed by atoms with E-state index in [9.17, 15) is 9.59 Å². The number of rotatable bonds is 4. The normalized spacial score (nSPS) is 14.0. The van der Waals surface area contributed by atoms with Crippen LogP contribution in [0.5, 0.6) is 0 Å². The number of nitrogens with two attached hydrogens (primary N) is 1. The van der Waals surface area contributed by atoms with Gasteiger partial charge in [0.1, 0.15) is 5.60 Å². The Labute approximate surface area is 70.2 Å². The maximum atomic E-state index is 11.1. The topological polar surface area (TPSA) is 101 Å². The minimum atomic E-state index is -1.56. The summed E-state index contributed by atoms with van der Waals surface area (Å²) in [4.78, 5) is 21.2. The number of ketones is 1. The van der Waals surface area contributed by atoms with Crippen LogP contribution in [0.1, 0.15) is 20.3 Å². The second kappa shape index (κ2) is 3.64. The van der Waals surface area contributed by atoms with Crippen LogP contribution in [-0.4, -0.2) is 33.6 Å². The Morgan fingerprint density at radius 3 is 2.17 bits per heavy atom. The first kappa shape index (κ1) is 11.1. The van der Waals surface area contributed by atoms with Gasteiger partial charge in [0.05, 0.1) is 12.5 Å². The predicted molar refractivity (Wildman–Crippen MR) is 41.5 cm³/mol. The molecule has 4 N–H and O–H groups in total. The molecule has 5 heteroatoms. The van der Waals surface area contributed by atoms with Crippen LogP contribution in [0.2, 0.25) is 0 Å². The molecule has 0 rings (SSSR count). The number of carboxylic acid groups (broad SMARTS) is 1. The predicted octanol–water partition coefficient (Wildman–Crippen LogP) is -0.872. The summed E-state index contributed by atoms with van der Waals surface area (Å²) in [6.07, 6.45) is -0.456. The van der Waals surface area contributed by atoms with E-state index in [0.717, 1.165) is 0 Å². The average Bonchev–Trinajstić information content (AvgIpc) is 1.82. The smallest absolute Gasteiger partial charge is 0.305 e. The van der Waals surface area contributed by atoms with E-state index in [-0.39, 0.29) is 0 Å². The number of carbonyl (C=O) groups excluding carboxylic acids is 1. The molecule has 12 heavy (non-hydrogen) atoms. The van der Waals surface area contributed by atoms with Crippen LogP contribution in [-0.2, 0) is 9.59 Å². The fraction of sp³-hybridized carbons (Fsp3) is 0.714.